The van der Waals surface area contributed by atoms with E-state index >= 15 is 0 Å². The Morgan fingerprint density at radius 1 is 0.939 bits per heavy atom. The van der Waals surface area contributed by atoms with Crippen LogP contribution in [0, 0.1) is 0 Å². The maximum atomic E-state index is 12.8. The molecule has 0 unspecified atom stereocenters. The molecule has 0 aliphatic carbocycles. The summed E-state index contributed by atoms with van der Waals surface area (Å²) in [5, 5.41) is 5.27. The first-order chi connectivity index (χ1) is 16.2. The fourth-order valence-corrected chi connectivity index (χ4v) is 4.97. The van der Waals surface area contributed by atoms with Crippen LogP contribution in [0.25, 0.3) is 0 Å². The molecule has 1 saturated heterocycles. The largest absolute Gasteiger partial charge is 0.353 e. The van der Waals surface area contributed by atoms with Gasteiger partial charge < -0.3 is 14.7 Å². The number of hydrogen-bond acceptors (Lipinski definition) is 6. The smallest absolute Gasteiger partial charge is 0.323 e. The molecule has 4 heterocycles. The third kappa shape index (κ3) is 4.98. The van der Waals surface area contributed by atoms with Gasteiger partial charge in [0.05, 0.1) is 12.1 Å². The van der Waals surface area contributed by atoms with Crippen LogP contribution in [0.1, 0.15) is 16.8 Å². The predicted octanol–water partition coefficient (Wildman–Crippen LogP) is 3.02. The van der Waals surface area contributed by atoms with Gasteiger partial charge in [-0.05, 0) is 29.7 Å². The maximum Gasteiger partial charge on any atom is 0.323 e. The fraction of sp³-hybridized carbons (Fsp3) is 0.333. The van der Waals surface area contributed by atoms with Crippen molar-refractivity contribution in [1.82, 2.24) is 19.8 Å². The van der Waals surface area contributed by atoms with Gasteiger partial charge in [-0.1, -0.05) is 30.3 Å². The van der Waals surface area contributed by atoms with Crippen LogP contribution >= 0.6 is 11.3 Å². The van der Waals surface area contributed by atoms with E-state index in [0.29, 0.717) is 30.5 Å². The minimum atomic E-state index is -0.157. The van der Waals surface area contributed by atoms with Crippen LogP contribution in [0.15, 0.2) is 54.0 Å². The molecule has 33 heavy (non-hydrogen) atoms. The summed E-state index contributed by atoms with van der Waals surface area (Å²) in [5.74, 6) is 1.00. The maximum absolute atomic E-state index is 12.8. The van der Waals surface area contributed by atoms with Crippen LogP contribution in [0.5, 0.6) is 0 Å². The molecule has 2 aromatic heterocycles. The number of nitrogens with zero attached hydrogens (tertiary/aromatic N) is 5. The number of carbonyl (C=O) groups excluding carboxylic acids is 2. The Bertz CT molecular complexity index is 1130. The third-order valence-corrected chi connectivity index (χ3v) is 6.93. The zero-order chi connectivity index (χ0) is 22.6. The van der Waals surface area contributed by atoms with Gasteiger partial charge in [0, 0.05) is 50.8 Å². The molecule has 1 aromatic carbocycles. The van der Waals surface area contributed by atoms with Crippen LogP contribution < -0.4 is 10.2 Å². The first-order valence-electron chi connectivity index (χ1n) is 11.2. The average Bonchev–Trinajstić information content (AvgIpc) is 3.30. The number of pyridine rings is 1. The summed E-state index contributed by atoms with van der Waals surface area (Å²) in [6.07, 6.45) is 2.91. The Morgan fingerprint density at radius 2 is 1.73 bits per heavy atom. The first kappa shape index (κ1) is 21.4. The highest BCUT2D eigenvalue weighted by Gasteiger charge is 2.24. The normalized spacial score (nSPS) is 15.8. The molecule has 5 rings (SSSR count). The van der Waals surface area contributed by atoms with Gasteiger partial charge in [0.15, 0.2) is 5.13 Å². The SMILES string of the molecule is O=C(Cc1csc(NC(=O)N2CCN(c3ccccn3)CC2)n1)N1CCc2ccccc2C1. The van der Waals surface area contributed by atoms with Gasteiger partial charge in [-0.2, -0.15) is 0 Å². The number of carbonyl (C=O) groups is 2. The third-order valence-electron chi connectivity index (χ3n) is 6.12. The average molecular weight is 463 g/mol. The molecular weight excluding hydrogens is 436 g/mol. The van der Waals surface area contributed by atoms with E-state index in [1.165, 1.54) is 22.5 Å². The number of aromatic nitrogens is 2. The lowest BCUT2D eigenvalue weighted by atomic mass is 10.00. The van der Waals surface area contributed by atoms with Gasteiger partial charge in [-0.3, -0.25) is 10.1 Å². The summed E-state index contributed by atoms with van der Waals surface area (Å²) < 4.78 is 0. The Kier molecular flexibility index (Phi) is 6.21. The lowest BCUT2D eigenvalue weighted by molar-refractivity contribution is -0.131. The number of amides is 3. The van der Waals surface area contributed by atoms with Crippen molar-refractivity contribution in [3.8, 4) is 0 Å². The second-order valence-corrected chi connectivity index (χ2v) is 9.11. The summed E-state index contributed by atoms with van der Waals surface area (Å²) in [5.41, 5.74) is 3.23. The zero-order valence-corrected chi connectivity index (χ0v) is 19.1. The molecule has 8 nitrogen and oxygen atoms in total. The van der Waals surface area contributed by atoms with Crippen LogP contribution in [0.4, 0.5) is 15.7 Å². The van der Waals surface area contributed by atoms with Crippen molar-refractivity contribution in [2.24, 2.45) is 0 Å². The molecule has 2 aliphatic heterocycles. The summed E-state index contributed by atoms with van der Waals surface area (Å²) in [6, 6.07) is 14.0. The Labute approximate surface area is 196 Å². The van der Waals surface area contributed by atoms with E-state index in [0.717, 1.165) is 31.9 Å². The number of fused-ring (bicyclic) bond motifs is 1. The number of benzene rings is 1. The number of anilines is 2. The number of rotatable bonds is 4. The van der Waals surface area contributed by atoms with Gasteiger partial charge in [0.25, 0.3) is 0 Å². The Hall–Kier alpha value is -3.46. The van der Waals surface area contributed by atoms with Gasteiger partial charge in [-0.25, -0.2) is 14.8 Å². The van der Waals surface area contributed by atoms with Gasteiger partial charge in [-0.15, -0.1) is 11.3 Å². The van der Waals surface area contributed by atoms with Gasteiger partial charge in [0.1, 0.15) is 5.82 Å². The molecule has 9 heteroatoms. The Balaban J connectivity index is 1.11. The number of urea groups is 1. The van der Waals surface area contributed by atoms with Gasteiger partial charge in [0.2, 0.25) is 5.91 Å². The summed E-state index contributed by atoms with van der Waals surface area (Å²) in [4.78, 5) is 40.2. The van der Waals surface area contributed by atoms with Crippen LogP contribution in [-0.4, -0.2) is 64.4 Å². The molecule has 0 saturated carbocycles. The molecule has 0 radical (unpaired) electrons. The molecule has 0 atom stereocenters. The molecule has 170 valence electrons. The quantitative estimate of drug-likeness (QED) is 0.645. The van der Waals surface area contributed by atoms with Crippen molar-refractivity contribution in [1.29, 1.82) is 0 Å². The van der Waals surface area contributed by atoms with Crippen molar-refractivity contribution in [2.45, 2.75) is 19.4 Å². The van der Waals surface area contributed by atoms with Crippen molar-refractivity contribution in [3.63, 3.8) is 0 Å². The summed E-state index contributed by atoms with van der Waals surface area (Å²) >= 11 is 1.36. The lowest BCUT2D eigenvalue weighted by Gasteiger charge is -2.35. The highest BCUT2D eigenvalue weighted by atomic mass is 32.1. The monoisotopic (exact) mass is 462 g/mol. The minimum Gasteiger partial charge on any atom is -0.353 e. The molecule has 2 aliphatic rings. The molecule has 0 bridgehead atoms. The van der Waals surface area contributed by atoms with Crippen LogP contribution in [0.2, 0.25) is 0 Å². The number of hydrogen-bond donors (Lipinski definition) is 1. The molecular formula is C24H26N6O2S. The van der Waals surface area contributed by atoms with Crippen molar-refractivity contribution >= 4 is 34.2 Å². The second-order valence-electron chi connectivity index (χ2n) is 8.25. The van der Waals surface area contributed by atoms with E-state index in [1.54, 1.807) is 11.1 Å². The minimum absolute atomic E-state index is 0.0679. The summed E-state index contributed by atoms with van der Waals surface area (Å²) in [7, 11) is 0. The van der Waals surface area contributed by atoms with Crippen LogP contribution in [-0.2, 0) is 24.2 Å². The van der Waals surface area contributed by atoms with Crippen molar-refractivity contribution in [2.75, 3.05) is 42.9 Å². The highest BCUT2D eigenvalue weighted by Crippen LogP contribution is 2.21. The van der Waals surface area contributed by atoms with E-state index < -0.39 is 0 Å². The summed E-state index contributed by atoms with van der Waals surface area (Å²) in [6.45, 7) is 4.09. The van der Waals surface area contributed by atoms with Crippen molar-refractivity contribution in [3.05, 3.63) is 70.9 Å². The first-order valence-corrected chi connectivity index (χ1v) is 12.0. The number of nitrogens with one attached hydrogen (secondary N) is 1. The zero-order valence-electron chi connectivity index (χ0n) is 18.3. The lowest BCUT2D eigenvalue weighted by Crippen LogP contribution is -2.50. The fourth-order valence-electron chi connectivity index (χ4n) is 4.27. The highest BCUT2D eigenvalue weighted by molar-refractivity contribution is 7.13. The molecule has 3 amide bonds. The number of piperazine rings is 1. The predicted molar refractivity (Wildman–Crippen MR) is 128 cm³/mol. The number of thiazole rings is 1. The molecule has 3 aromatic rings. The molecule has 0 spiro atoms. The van der Waals surface area contributed by atoms with E-state index in [1.807, 2.05) is 40.6 Å². The van der Waals surface area contributed by atoms with E-state index in [2.05, 4.69) is 32.3 Å². The standard InChI is InChI=1S/C24H26N6O2S/c31-22(30-10-8-18-5-1-2-6-19(18)16-30)15-20-17-33-23(26-20)27-24(32)29-13-11-28(12-14-29)21-7-3-4-9-25-21/h1-7,9,17H,8,10-16H2,(H,26,27,32). The van der Waals surface area contributed by atoms with Crippen molar-refractivity contribution < 1.29 is 9.59 Å². The van der Waals surface area contributed by atoms with E-state index in [-0.39, 0.29) is 18.4 Å². The Morgan fingerprint density at radius 3 is 2.52 bits per heavy atom. The topological polar surface area (TPSA) is 81.7 Å². The van der Waals surface area contributed by atoms with E-state index in [4.69, 9.17) is 0 Å². The molecule has 1 fully saturated rings. The second kappa shape index (κ2) is 9.58. The van der Waals surface area contributed by atoms with Gasteiger partial charge >= 0.3 is 6.03 Å². The van der Waals surface area contributed by atoms with E-state index in [9.17, 15) is 9.59 Å². The van der Waals surface area contributed by atoms with Crippen LogP contribution in [0.3, 0.4) is 0 Å². The molecule has 1 N–H and O–H groups in total.